The van der Waals surface area contributed by atoms with Crippen LogP contribution < -0.4 is 5.32 Å². The third-order valence-corrected chi connectivity index (χ3v) is 6.54. The molecule has 9 heteroatoms. The first-order valence-corrected chi connectivity index (χ1v) is 12.6. The molecule has 0 aliphatic carbocycles. The highest BCUT2D eigenvalue weighted by Gasteiger charge is 2.46. The van der Waals surface area contributed by atoms with Crippen molar-refractivity contribution in [3.63, 3.8) is 0 Å². The summed E-state index contributed by atoms with van der Waals surface area (Å²) in [4.78, 5) is 37.3. The Morgan fingerprint density at radius 1 is 1.00 bits per heavy atom. The maximum absolute atomic E-state index is 13.3. The summed E-state index contributed by atoms with van der Waals surface area (Å²) in [6, 6.07) is 0. The number of carbonyl (C=O) groups is 3. The third kappa shape index (κ3) is 8.12. The van der Waals surface area contributed by atoms with Crippen LogP contribution in [0.1, 0.15) is 53.9 Å². The van der Waals surface area contributed by atoms with Gasteiger partial charge in [-0.3, -0.25) is 14.4 Å². The lowest BCUT2D eigenvalue weighted by atomic mass is 9.82. The van der Waals surface area contributed by atoms with Crippen LogP contribution in [0, 0.1) is 11.3 Å². The Morgan fingerprint density at radius 2 is 1.45 bits per heavy atom. The Balaban J connectivity index is 3.00. The molecule has 0 radical (unpaired) electrons. The van der Waals surface area contributed by atoms with E-state index in [-0.39, 0.29) is 27.0 Å². The largest absolute Gasteiger partial charge is 0.464 e. The lowest BCUT2D eigenvalue weighted by Gasteiger charge is -2.39. The van der Waals surface area contributed by atoms with Crippen LogP contribution in [0.15, 0.2) is 0 Å². The number of rotatable bonds is 10. The highest BCUT2D eigenvalue weighted by atomic mass is 127. The lowest BCUT2D eigenvalue weighted by molar-refractivity contribution is -0.665. The van der Waals surface area contributed by atoms with E-state index >= 15 is 0 Å². The molecule has 0 aromatic rings. The Bertz CT molecular complexity index is 549. The van der Waals surface area contributed by atoms with Crippen molar-refractivity contribution in [3.8, 4) is 0 Å². The van der Waals surface area contributed by atoms with Crippen LogP contribution in [-0.4, -0.2) is 57.7 Å². The first-order chi connectivity index (χ1) is 13.4. The van der Waals surface area contributed by atoms with Crippen molar-refractivity contribution in [2.75, 3.05) is 26.3 Å². The Hall–Kier alpha value is -0.170. The molecule has 2 atom stereocenters. The fraction of sp³-hybridized carbons (Fsp3) is 0.850. The monoisotopic (exact) mass is 638 g/mol. The smallest absolute Gasteiger partial charge is 0.319 e. The van der Waals surface area contributed by atoms with Gasteiger partial charge in [0.25, 0.3) is 0 Å². The predicted octanol–water partition coefficient (Wildman–Crippen LogP) is 2.41. The number of piperidine rings is 1. The highest BCUT2D eigenvalue weighted by Crippen LogP contribution is 2.33. The standard InChI is InChI=1S/C20H33I2NO6/c1-6-20(11-27-16(24)13(2)21,12-28-17(25)14(3)22)18(26)29-19(4,5)15-7-9-23-10-8-15/h13-15,23H,6-12H2,1-5H3/p+1. The van der Waals surface area contributed by atoms with Crippen LogP contribution in [0.2, 0.25) is 0 Å². The van der Waals surface area contributed by atoms with E-state index in [2.05, 4.69) is 5.32 Å². The van der Waals surface area contributed by atoms with Gasteiger partial charge < -0.3 is 19.5 Å². The summed E-state index contributed by atoms with van der Waals surface area (Å²) in [6.45, 7) is 10.8. The molecule has 1 aliphatic heterocycles. The van der Waals surface area contributed by atoms with Crippen molar-refractivity contribution in [1.29, 1.82) is 0 Å². The first kappa shape index (κ1) is 26.9. The average Bonchev–Trinajstić information content (AvgIpc) is 2.68. The molecule has 2 unspecified atom stereocenters. The normalized spacial score (nSPS) is 19.6. The molecular weight excluding hydrogens is 604 g/mol. The van der Waals surface area contributed by atoms with E-state index in [1.54, 1.807) is 13.8 Å². The Labute approximate surface area is 201 Å². The summed E-state index contributed by atoms with van der Waals surface area (Å²) in [7, 11) is 0. The van der Waals surface area contributed by atoms with Crippen molar-refractivity contribution in [1.82, 2.24) is 0 Å². The van der Waals surface area contributed by atoms with Gasteiger partial charge in [-0.25, -0.2) is 0 Å². The van der Waals surface area contributed by atoms with Crippen LogP contribution in [0.4, 0.5) is 0 Å². The molecular formula is C20H34I2NO6+. The van der Waals surface area contributed by atoms with Gasteiger partial charge in [0.1, 0.15) is 32.1 Å². The lowest BCUT2D eigenvalue weighted by Crippen LogP contribution is -2.86. The molecule has 0 aromatic heterocycles. The molecule has 1 saturated heterocycles. The number of quaternary nitrogens is 1. The van der Waals surface area contributed by atoms with Gasteiger partial charge >= 0.3 is 17.9 Å². The number of halogens is 2. The van der Waals surface area contributed by atoms with Crippen molar-refractivity contribution < 1.29 is 33.9 Å². The van der Waals surface area contributed by atoms with Crippen molar-refractivity contribution >= 4 is 63.1 Å². The predicted molar refractivity (Wildman–Crippen MR) is 126 cm³/mol. The average molecular weight is 638 g/mol. The molecule has 1 fully saturated rings. The summed E-state index contributed by atoms with van der Waals surface area (Å²) in [5.74, 6) is -1.04. The van der Waals surface area contributed by atoms with Crippen molar-refractivity contribution in [2.24, 2.45) is 11.3 Å². The molecule has 1 heterocycles. The van der Waals surface area contributed by atoms with Crippen molar-refractivity contribution in [3.05, 3.63) is 0 Å². The minimum absolute atomic E-state index is 0.175. The summed E-state index contributed by atoms with van der Waals surface area (Å²) < 4.78 is 16.1. The second-order valence-corrected chi connectivity index (χ2v) is 12.0. The maximum Gasteiger partial charge on any atom is 0.319 e. The molecule has 2 N–H and O–H groups in total. The summed E-state index contributed by atoms with van der Waals surface area (Å²) in [5.41, 5.74) is -1.87. The van der Waals surface area contributed by atoms with E-state index < -0.39 is 28.9 Å². The molecule has 1 aliphatic rings. The number of esters is 3. The summed E-state index contributed by atoms with van der Waals surface area (Å²) in [6.07, 6.45) is 2.27. The van der Waals surface area contributed by atoms with Crippen molar-refractivity contribution in [2.45, 2.75) is 67.3 Å². The number of hydrogen-bond donors (Lipinski definition) is 1. The zero-order valence-electron chi connectivity index (χ0n) is 18.0. The topological polar surface area (TPSA) is 95.5 Å². The van der Waals surface area contributed by atoms with Gasteiger partial charge in [-0.2, -0.15) is 0 Å². The van der Waals surface area contributed by atoms with Crippen LogP contribution >= 0.6 is 45.2 Å². The maximum atomic E-state index is 13.3. The fourth-order valence-electron chi connectivity index (χ4n) is 3.21. The van der Waals surface area contributed by atoms with Gasteiger partial charge in [-0.1, -0.05) is 52.1 Å². The van der Waals surface area contributed by atoms with Gasteiger partial charge in [-0.05, 0) is 34.1 Å². The van der Waals surface area contributed by atoms with Crippen LogP contribution in [0.3, 0.4) is 0 Å². The number of carbonyl (C=O) groups excluding carboxylic acids is 3. The van der Waals surface area contributed by atoms with Gasteiger partial charge in [-0.15, -0.1) is 0 Å². The summed E-state index contributed by atoms with van der Waals surface area (Å²) in [5, 5.41) is 2.26. The SMILES string of the molecule is CCC(COC(=O)C(C)I)(COC(=O)C(C)I)C(=O)OC(C)(C)C1CC[NH2+]CC1. The van der Waals surface area contributed by atoms with Crippen LogP contribution in [-0.2, 0) is 28.6 Å². The molecule has 1 rings (SSSR count). The summed E-state index contributed by atoms with van der Waals surface area (Å²) >= 11 is 3.92. The minimum atomic E-state index is -1.22. The number of ether oxygens (including phenoxy) is 3. The van der Waals surface area contributed by atoms with Gasteiger partial charge in [0.05, 0.1) is 13.1 Å². The van der Waals surface area contributed by atoms with Gasteiger partial charge in [0, 0.05) is 18.8 Å². The Kier molecular flexibility index (Phi) is 11.1. The second kappa shape index (κ2) is 12.0. The van der Waals surface area contributed by atoms with E-state index in [4.69, 9.17) is 14.2 Å². The van der Waals surface area contributed by atoms with E-state index in [1.807, 2.05) is 66.0 Å². The molecule has 168 valence electrons. The zero-order valence-corrected chi connectivity index (χ0v) is 22.3. The molecule has 0 spiro atoms. The molecule has 29 heavy (non-hydrogen) atoms. The molecule has 0 saturated carbocycles. The van der Waals surface area contributed by atoms with E-state index in [0.29, 0.717) is 6.42 Å². The first-order valence-electron chi connectivity index (χ1n) is 10.1. The van der Waals surface area contributed by atoms with E-state index in [9.17, 15) is 14.4 Å². The molecule has 7 nitrogen and oxygen atoms in total. The third-order valence-electron chi connectivity index (χ3n) is 5.52. The van der Waals surface area contributed by atoms with E-state index in [0.717, 1.165) is 25.9 Å². The van der Waals surface area contributed by atoms with Crippen LogP contribution in [0.25, 0.3) is 0 Å². The number of hydrogen-bond acceptors (Lipinski definition) is 6. The van der Waals surface area contributed by atoms with Crippen LogP contribution in [0.5, 0.6) is 0 Å². The Morgan fingerprint density at radius 3 is 1.83 bits per heavy atom. The minimum Gasteiger partial charge on any atom is -0.464 e. The van der Waals surface area contributed by atoms with E-state index in [1.165, 1.54) is 0 Å². The molecule has 0 aromatic carbocycles. The highest BCUT2D eigenvalue weighted by molar-refractivity contribution is 14.1. The quantitative estimate of drug-likeness (QED) is 0.171. The molecule has 0 bridgehead atoms. The van der Waals surface area contributed by atoms with Gasteiger partial charge in [0.15, 0.2) is 0 Å². The van der Waals surface area contributed by atoms with Gasteiger partial charge in [0.2, 0.25) is 0 Å². The second-order valence-electron chi connectivity index (χ2n) is 8.21. The number of nitrogens with two attached hydrogens (primary N) is 1. The number of alkyl halides is 2. The zero-order chi connectivity index (χ0) is 22.2. The molecule has 0 amide bonds. The fourth-order valence-corrected chi connectivity index (χ4v) is 3.57.